The summed E-state index contributed by atoms with van der Waals surface area (Å²) in [5, 5.41) is 6.32. The number of hydrogen-bond donors (Lipinski definition) is 2. The standard InChI is InChI=1S/C25H26N6O4S2/c1-16-21(24(34)31(30(16)2)19-7-5-4-6-8-19)28-22(32)23(33)29-27-14-17-9-10-20(35-3)18(13-17)15-37-25-26-11-12-36-25/h4-10,13-14H,11-12,15H2,1-3H3,(H,28,32)(H,29,33)/b27-14+. The Morgan fingerprint density at radius 2 is 2.00 bits per heavy atom. The average Bonchev–Trinajstić information content (AvgIpc) is 3.50. The molecule has 0 aliphatic carbocycles. The van der Waals surface area contributed by atoms with Crippen molar-refractivity contribution in [2.45, 2.75) is 12.7 Å². The van der Waals surface area contributed by atoms with E-state index in [9.17, 15) is 14.4 Å². The molecule has 0 bridgehead atoms. The van der Waals surface area contributed by atoms with Crippen LogP contribution in [0, 0.1) is 6.92 Å². The maximum atomic E-state index is 12.9. The summed E-state index contributed by atoms with van der Waals surface area (Å²) in [5.41, 5.74) is 4.62. The Morgan fingerprint density at radius 1 is 1.22 bits per heavy atom. The third kappa shape index (κ3) is 6.15. The van der Waals surface area contributed by atoms with Crippen molar-refractivity contribution in [3.05, 3.63) is 75.7 Å². The van der Waals surface area contributed by atoms with E-state index < -0.39 is 17.4 Å². The molecule has 2 aromatic carbocycles. The van der Waals surface area contributed by atoms with Crippen LogP contribution < -0.4 is 21.0 Å². The molecule has 10 nitrogen and oxygen atoms in total. The number of anilines is 1. The first-order chi connectivity index (χ1) is 17.9. The fourth-order valence-electron chi connectivity index (χ4n) is 3.63. The molecular formula is C25H26N6O4S2. The molecule has 3 aromatic rings. The van der Waals surface area contributed by atoms with Gasteiger partial charge >= 0.3 is 11.8 Å². The van der Waals surface area contributed by atoms with Gasteiger partial charge in [-0.15, -0.1) is 0 Å². The number of nitrogens with one attached hydrogen (secondary N) is 2. The van der Waals surface area contributed by atoms with Crippen LogP contribution in [-0.4, -0.2) is 51.2 Å². The van der Waals surface area contributed by atoms with Crippen molar-refractivity contribution < 1.29 is 14.3 Å². The van der Waals surface area contributed by atoms with Crippen LogP contribution >= 0.6 is 23.5 Å². The molecule has 2 heterocycles. The van der Waals surface area contributed by atoms with Gasteiger partial charge in [0.2, 0.25) is 0 Å². The molecular weight excluding hydrogens is 512 g/mol. The Kier molecular flexibility index (Phi) is 8.51. The van der Waals surface area contributed by atoms with Gasteiger partial charge in [0.25, 0.3) is 5.56 Å². The van der Waals surface area contributed by atoms with Crippen LogP contribution in [0.15, 0.2) is 63.4 Å². The van der Waals surface area contributed by atoms with Gasteiger partial charge in [0.15, 0.2) is 0 Å². The molecule has 192 valence electrons. The Balaban J connectivity index is 1.40. The van der Waals surface area contributed by atoms with Crippen molar-refractivity contribution in [1.82, 2.24) is 14.8 Å². The third-order valence-corrected chi connectivity index (χ3v) is 7.89. The lowest BCUT2D eigenvalue weighted by Gasteiger charge is -2.09. The molecule has 0 saturated heterocycles. The molecule has 1 aliphatic rings. The Morgan fingerprint density at radius 3 is 2.70 bits per heavy atom. The maximum absolute atomic E-state index is 12.9. The van der Waals surface area contributed by atoms with Gasteiger partial charge in [-0.05, 0) is 42.8 Å². The maximum Gasteiger partial charge on any atom is 0.329 e. The number of rotatable bonds is 7. The summed E-state index contributed by atoms with van der Waals surface area (Å²) < 4.78 is 9.53. The largest absolute Gasteiger partial charge is 0.496 e. The zero-order chi connectivity index (χ0) is 26.4. The molecule has 0 saturated carbocycles. The molecule has 2 amide bonds. The summed E-state index contributed by atoms with van der Waals surface area (Å²) in [5.74, 6) is 0.445. The van der Waals surface area contributed by atoms with Gasteiger partial charge in [0.1, 0.15) is 15.8 Å². The minimum atomic E-state index is -0.996. The molecule has 1 aliphatic heterocycles. The van der Waals surface area contributed by atoms with Crippen LogP contribution in [0.2, 0.25) is 0 Å². The fourth-order valence-corrected chi connectivity index (χ4v) is 5.62. The Labute approximate surface area is 222 Å². The average molecular weight is 539 g/mol. The number of methoxy groups -OCH3 is 1. The number of carbonyl (C=O) groups is 2. The highest BCUT2D eigenvalue weighted by Gasteiger charge is 2.21. The number of ether oxygens (including phenoxy) is 1. The molecule has 0 unspecified atom stereocenters. The first-order valence-corrected chi connectivity index (χ1v) is 13.3. The second-order valence-corrected chi connectivity index (χ2v) is 10.3. The quantitative estimate of drug-likeness (QED) is 0.271. The van der Waals surface area contributed by atoms with Crippen LogP contribution in [0.1, 0.15) is 16.8 Å². The lowest BCUT2D eigenvalue weighted by molar-refractivity contribution is -0.136. The summed E-state index contributed by atoms with van der Waals surface area (Å²) >= 11 is 3.39. The lowest BCUT2D eigenvalue weighted by atomic mass is 10.1. The van der Waals surface area contributed by atoms with E-state index >= 15 is 0 Å². The predicted molar refractivity (Wildman–Crippen MR) is 149 cm³/mol. The van der Waals surface area contributed by atoms with Crippen molar-refractivity contribution >= 4 is 51.6 Å². The van der Waals surface area contributed by atoms with Gasteiger partial charge in [0, 0.05) is 24.1 Å². The number of thioether (sulfide) groups is 2. The highest BCUT2D eigenvalue weighted by molar-refractivity contribution is 8.38. The smallest absolute Gasteiger partial charge is 0.329 e. The van der Waals surface area contributed by atoms with Crippen molar-refractivity contribution in [1.29, 1.82) is 0 Å². The van der Waals surface area contributed by atoms with Crippen LogP contribution in [0.25, 0.3) is 5.69 Å². The van der Waals surface area contributed by atoms with E-state index in [1.165, 1.54) is 10.9 Å². The Hall–Kier alpha value is -3.77. The number of amides is 2. The van der Waals surface area contributed by atoms with E-state index in [1.54, 1.807) is 67.5 Å². The summed E-state index contributed by atoms with van der Waals surface area (Å²) in [6.07, 6.45) is 1.44. The third-order valence-electron chi connectivity index (χ3n) is 5.59. The number of benzene rings is 2. The summed E-state index contributed by atoms with van der Waals surface area (Å²) in [6, 6.07) is 14.5. The molecule has 0 fully saturated rings. The summed E-state index contributed by atoms with van der Waals surface area (Å²) in [7, 11) is 3.31. The normalized spacial score (nSPS) is 13.0. The highest BCUT2D eigenvalue weighted by Crippen LogP contribution is 2.29. The molecule has 2 N–H and O–H groups in total. The number of aliphatic imine (C=N–C) groups is 1. The minimum Gasteiger partial charge on any atom is -0.496 e. The molecule has 12 heteroatoms. The SMILES string of the molecule is COc1ccc(/C=N/NC(=O)C(=O)Nc2c(C)n(C)n(-c3ccccc3)c2=O)cc1CSC1=NCCS1. The van der Waals surface area contributed by atoms with Crippen molar-refractivity contribution in [2.24, 2.45) is 17.1 Å². The number of carbonyl (C=O) groups excluding carboxylic acids is 2. The predicted octanol–water partition coefficient (Wildman–Crippen LogP) is 2.92. The van der Waals surface area contributed by atoms with E-state index in [1.807, 2.05) is 30.3 Å². The lowest BCUT2D eigenvalue weighted by Crippen LogP contribution is -2.34. The fraction of sp³-hybridized carbons (Fsp3) is 0.240. The summed E-state index contributed by atoms with van der Waals surface area (Å²) in [4.78, 5) is 42.2. The van der Waals surface area contributed by atoms with E-state index in [0.717, 1.165) is 33.5 Å². The topological polar surface area (TPSA) is 119 Å². The molecule has 0 spiro atoms. The molecule has 0 atom stereocenters. The van der Waals surface area contributed by atoms with Crippen LogP contribution in [0.3, 0.4) is 0 Å². The number of para-hydroxylation sites is 1. The molecule has 37 heavy (non-hydrogen) atoms. The number of nitrogens with zero attached hydrogens (tertiary/aromatic N) is 4. The monoisotopic (exact) mass is 538 g/mol. The minimum absolute atomic E-state index is 0.0257. The molecule has 0 radical (unpaired) electrons. The number of aromatic nitrogens is 2. The van der Waals surface area contributed by atoms with Crippen molar-refractivity contribution in [2.75, 3.05) is 24.7 Å². The van der Waals surface area contributed by atoms with Gasteiger partial charge in [-0.1, -0.05) is 41.7 Å². The van der Waals surface area contributed by atoms with E-state index in [2.05, 4.69) is 20.8 Å². The second kappa shape index (κ2) is 12.0. The van der Waals surface area contributed by atoms with Crippen LogP contribution in [-0.2, 0) is 22.4 Å². The number of hydrogen-bond acceptors (Lipinski definition) is 8. The first kappa shape index (κ1) is 26.3. The van der Waals surface area contributed by atoms with Crippen LogP contribution in [0.5, 0.6) is 5.75 Å². The van der Waals surface area contributed by atoms with Gasteiger partial charge in [0.05, 0.1) is 31.3 Å². The highest BCUT2D eigenvalue weighted by atomic mass is 32.2. The second-order valence-electron chi connectivity index (χ2n) is 7.95. The molecule has 4 rings (SSSR count). The van der Waals surface area contributed by atoms with Crippen molar-refractivity contribution in [3.63, 3.8) is 0 Å². The Bertz CT molecular complexity index is 1430. The van der Waals surface area contributed by atoms with Gasteiger partial charge in [-0.2, -0.15) is 5.10 Å². The van der Waals surface area contributed by atoms with E-state index in [-0.39, 0.29) is 5.69 Å². The van der Waals surface area contributed by atoms with Crippen molar-refractivity contribution in [3.8, 4) is 11.4 Å². The van der Waals surface area contributed by atoms with E-state index in [4.69, 9.17) is 4.74 Å². The zero-order valence-corrected chi connectivity index (χ0v) is 22.2. The van der Waals surface area contributed by atoms with E-state index in [0.29, 0.717) is 17.1 Å². The van der Waals surface area contributed by atoms with Gasteiger partial charge in [-0.3, -0.25) is 24.1 Å². The van der Waals surface area contributed by atoms with Crippen LogP contribution in [0.4, 0.5) is 5.69 Å². The zero-order valence-electron chi connectivity index (χ0n) is 20.6. The number of hydrazone groups is 1. The first-order valence-electron chi connectivity index (χ1n) is 11.3. The summed E-state index contributed by atoms with van der Waals surface area (Å²) in [6.45, 7) is 2.53. The van der Waals surface area contributed by atoms with Gasteiger partial charge < -0.3 is 10.1 Å². The molecule has 1 aromatic heterocycles. The van der Waals surface area contributed by atoms with Gasteiger partial charge in [-0.25, -0.2) is 10.1 Å².